The van der Waals surface area contributed by atoms with Crippen molar-refractivity contribution in [2.45, 2.75) is 11.8 Å². The van der Waals surface area contributed by atoms with E-state index in [1.165, 1.54) is 24.3 Å². The molecule has 1 heterocycles. The molecule has 0 aliphatic rings. The summed E-state index contributed by atoms with van der Waals surface area (Å²) < 4.78 is 35.6. The molecule has 118 valence electrons. The van der Waals surface area contributed by atoms with E-state index in [4.69, 9.17) is 5.14 Å². The molecule has 0 amide bonds. The van der Waals surface area contributed by atoms with Crippen LogP contribution in [0.5, 0.6) is 0 Å². The molecule has 2 N–H and O–H groups in total. The van der Waals surface area contributed by atoms with Crippen LogP contribution in [0, 0.1) is 12.7 Å². The maximum absolute atomic E-state index is 13.0. The first kappa shape index (κ1) is 15.8. The van der Waals surface area contributed by atoms with E-state index < -0.39 is 10.0 Å². The average Bonchev–Trinajstić information content (AvgIpc) is 2.89. The Morgan fingerprint density at radius 3 is 2.22 bits per heavy atom. The van der Waals surface area contributed by atoms with Crippen LogP contribution in [0.1, 0.15) is 5.01 Å². The SMILES string of the molecule is Cc1nc(-c2ccc(F)cc2)c[s+]1-c1ccc(S(N)(=O)=O)cc1. The number of primary sulfonamides is 1. The first-order valence-corrected chi connectivity index (χ1v) is 9.57. The van der Waals surface area contributed by atoms with Crippen molar-refractivity contribution in [2.24, 2.45) is 5.14 Å². The number of sulfonamides is 1. The number of hydrogen-bond acceptors (Lipinski definition) is 3. The number of nitrogens with zero attached hydrogens (tertiary/aromatic N) is 1. The second-order valence-corrected chi connectivity index (χ2v) is 8.53. The van der Waals surface area contributed by atoms with Crippen LogP contribution in [0.3, 0.4) is 0 Å². The van der Waals surface area contributed by atoms with Crippen LogP contribution in [0.2, 0.25) is 0 Å². The number of aryl methyl sites for hydroxylation is 1. The molecule has 7 heteroatoms. The van der Waals surface area contributed by atoms with Crippen LogP contribution in [0.4, 0.5) is 4.39 Å². The Kier molecular flexibility index (Phi) is 4.01. The van der Waals surface area contributed by atoms with Gasteiger partial charge in [0, 0.05) is 23.0 Å². The van der Waals surface area contributed by atoms with Gasteiger partial charge in [0.2, 0.25) is 15.0 Å². The number of nitrogens with two attached hydrogens (primary N) is 1. The summed E-state index contributed by atoms with van der Waals surface area (Å²) in [4.78, 5) is 5.58. The zero-order valence-electron chi connectivity index (χ0n) is 12.2. The monoisotopic (exact) mass is 349 g/mol. The van der Waals surface area contributed by atoms with E-state index in [1.54, 1.807) is 24.3 Å². The molecular formula is C16H14FN2O2S2+. The lowest BCUT2D eigenvalue weighted by atomic mass is 10.2. The lowest BCUT2D eigenvalue weighted by Crippen LogP contribution is -2.11. The van der Waals surface area contributed by atoms with Crippen LogP contribution >= 0.6 is 10.5 Å². The molecule has 0 fully saturated rings. The quantitative estimate of drug-likeness (QED) is 0.735. The minimum Gasteiger partial charge on any atom is -0.225 e. The summed E-state index contributed by atoms with van der Waals surface area (Å²) in [6, 6.07) is 12.7. The van der Waals surface area contributed by atoms with Gasteiger partial charge < -0.3 is 0 Å². The van der Waals surface area contributed by atoms with Crippen LogP contribution in [0.15, 0.2) is 58.8 Å². The molecule has 4 nitrogen and oxygen atoms in total. The number of halogens is 1. The van der Waals surface area contributed by atoms with Gasteiger partial charge in [-0.2, -0.15) is 4.98 Å². The third-order valence-electron chi connectivity index (χ3n) is 3.37. The normalized spacial score (nSPS) is 12.4. The Morgan fingerprint density at radius 2 is 1.65 bits per heavy atom. The minimum absolute atomic E-state index is 0.0846. The number of aromatic nitrogens is 1. The highest BCUT2D eigenvalue weighted by molar-refractivity contribution is 7.89. The molecule has 0 spiro atoms. The van der Waals surface area contributed by atoms with E-state index in [9.17, 15) is 12.8 Å². The second-order valence-electron chi connectivity index (χ2n) is 4.99. The third kappa shape index (κ3) is 3.31. The second kappa shape index (κ2) is 5.84. The molecule has 1 atom stereocenters. The highest BCUT2D eigenvalue weighted by Gasteiger charge is 2.20. The zero-order chi connectivity index (χ0) is 16.6. The first-order valence-electron chi connectivity index (χ1n) is 6.73. The molecule has 0 saturated heterocycles. The predicted molar refractivity (Wildman–Crippen MR) is 89.6 cm³/mol. The van der Waals surface area contributed by atoms with E-state index in [-0.39, 0.29) is 21.2 Å². The molecule has 0 bridgehead atoms. The fourth-order valence-electron chi connectivity index (χ4n) is 2.21. The summed E-state index contributed by atoms with van der Waals surface area (Å²) >= 11 is 0. The smallest absolute Gasteiger partial charge is 0.225 e. The number of rotatable bonds is 3. The van der Waals surface area contributed by atoms with Crippen LogP contribution in [0.25, 0.3) is 16.2 Å². The predicted octanol–water partition coefficient (Wildman–Crippen LogP) is 3.58. The molecule has 3 aromatic rings. The van der Waals surface area contributed by atoms with Gasteiger partial charge in [-0.15, -0.1) is 0 Å². The van der Waals surface area contributed by atoms with E-state index in [0.29, 0.717) is 0 Å². The van der Waals surface area contributed by atoms with E-state index in [0.717, 1.165) is 21.2 Å². The van der Waals surface area contributed by atoms with Crippen molar-refractivity contribution in [1.29, 1.82) is 0 Å². The van der Waals surface area contributed by atoms with Crippen molar-refractivity contribution in [3.63, 3.8) is 0 Å². The summed E-state index contributed by atoms with van der Waals surface area (Å²) in [6.45, 7) is 1.92. The molecule has 0 saturated carbocycles. The standard InChI is InChI=1S/C16H14FN2O2S2/c1-11-19-16(12-2-4-13(17)5-3-12)10-22(11)14-6-8-15(9-7-14)23(18,20)21/h2-10H,1H3,(H2,18,20,21)/q+1. The number of thiazole rings is 1. The molecule has 3 rings (SSSR count). The van der Waals surface area contributed by atoms with Crippen LogP contribution < -0.4 is 5.14 Å². The fraction of sp³-hybridized carbons (Fsp3) is 0.0625. The van der Waals surface area contributed by atoms with Gasteiger partial charge in [-0.1, -0.05) is 0 Å². The molecule has 0 aliphatic carbocycles. The van der Waals surface area contributed by atoms with Crippen molar-refractivity contribution in [3.8, 4) is 16.2 Å². The van der Waals surface area contributed by atoms with Gasteiger partial charge in [0.1, 0.15) is 11.5 Å². The average molecular weight is 349 g/mol. The first-order chi connectivity index (χ1) is 10.8. The summed E-state index contributed by atoms with van der Waals surface area (Å²) in [5.74, 6) is -0.286. The van der Waals surface area contributed by atoms with Crippen LogP contribution in [-0.4, -0.2) is 13.4 Å². The Balaban J connectivity index is 1.99. The molecular weight excluding hydrogens is 335 g/mol. The zero-order valence-corrected chi connectivity index (χ0v) is 13.9. The maximum Gasteiger partial charge on any atom is 0.245 e. The van der Waals surface area contributed by atoms with E-state index in [1.807, 2.05) is 12.3 Å². The Hall–Kier alpha value is -2.09. The van der Waals surface area contributed by atoms with Crippen molar-refractivity contribution >= 4 is 20.5 Å². The summed E-state index contributed by atoms with van der Waals surface area (Å²) in [7, 11) is -4.04. The Labute approximate surface area is 136 Å². The number of benzene rings is 2. The topological polar surface area (TPSA) is 73.0 Å². The van der Waals surface area contributed by atoms with E-state index in [2.05, 4.69) is 4.98 Å². The Morgan fingerprint density at radius 1 is 1.04 bits per heavy atom. The highest BCUT2D eigenvalue weighted by Crippen LogP contribution is 2.38. The van der Waals surface area contributed by atoms with Gasteiger partial charge in [0.15, 0.2) is 10.3 Å². The van der Waals surface area contributed by atoms with Gasteiger partial charge in [-0.3, -0.25) is 0 Å². The summed E-state index contributed by atoms with van der Waals surface area (Å²) in [5.41, 5.74) is 1.64. The van der Waals surface area contributed by atoms with Gasteiger partial charge >= 0.3 is 0 Å². The van der Waals surface area contributed by atoms with Crippen molar-refractivity contribution < 1.29 is 12.8 Å². The highest BCUT2D eigenvalue weighted by atomic mass is 32.2. The summed E-state index contributed by atoms with van der Waals surface area (Å²) in [5, 5.41) is 8.04. The molecule has 1 unspecified atom stereocenters. The Bertz CT molecular complexity index is 947. The van der Waals surface area contributed by atoms with Gasteiger partial charge in [0.25, 0.3) is 0 Å². The largest absolute Gasteiger partial charge is 0.245 e. The molecule has 0 radical (unpaired) electrons. The number of hydrogen-bond donors (Lipinski definition) is 1. The molecule has 2 aromatic carbocycles. The van der Waals surface area contributed by atoms with Crippen molar-refractivity contribution in [1.82, 2.24) is 4.98 Å². The molecule has 0 aliphatic heterocycles. The van der Waals surface area contributed by atoms with Crippen molar-refractivity contribution in [3.05, 3.63) is 64.7 Å². The van der Waals surface area contributed by atoms with Gasteiger partial charge in [0.05, 0.1) is 4.90 Å². The van der Waals surface area contributed by atoms with E-state index >= 15 is 0 Å². The third-order valence-corrected chi connectivity index (χ3v) is 6.27. The minimum atomic E-state index is -3.69. The summed E-state index contributed by atoms with van der Waals surface area (Å²) in [6.07, 6.45) is 0. The van der Waals surface area contributed by atoms with Gasteiger partial charge in [-0.05, 0) is 48.5 Å². The van der Waals surface area contributed by atoms with Crippen LogP contribution in [-0.2, 0) is 10.0 Å². The molecule has 23 heavy (non-hydrogen) atoms. The fourth-order valence-corrected chi connectivity index (χ4v) is 4.41. The van der Waals surface area contributed by atoms with Gasteiger partial charge in [-0.25, -0.2) is 17.9 Å². The maximum atomic E-state index is 13.0. The lowest BCUT2D eigenvalue weighted by Gasteiger charge is -1.96. The van der Waals surface area contributed by atoms with Crippen molar-refractivity contribution in [2.75, 3.05) is 0 Å². The lowest BCUT2D eigenvalue weighted by molar-refractivity contribution is 0.598. The molecule has 1 aromatic heterocycles.